The zero-order valence-electron chi connectivity index (χ0n) is 12.0. The predicted octanol–water partition coefficient (Wildman–Crippen LogP) is 0.220. The number of likely N-dealkylation sites (N-methyl/N-ethyl adjacent to an activating group) is 1. The van der Waals surface area contributed by atoms with Crippen molar-refractivity contribution in [3.05, 3.63) is 22.7 Å². The Kier molecular flexibility index (Phi) is 6.26. The van der Waals surface area contributed by atoms with E-state index >= 15 is 0 Å². The largest absolute Gasteiger partial charge is 0.399 e. The number of amides is 2. The number of methoxy groups -OCH3 is 1. The highest BCUT2D eigenvalue weighted by Crippen LogP contribution is 2.31. The second-order valence-corrected chi connectivity index (χ2v) is 4.87. The molecule has 0 saturated carbocycles. The van der Waals surface area contributed by atoms with Gasteiger partial charge in [0.1, 0.15) is 0 Å². The van der Waals surface area contributed by atoms with Gasteiger partial charge in [-0.05, 0) is 12.1 Å². The second-order valence-electron chi connectivity index (χ2n) is 4.46. The fourth-order valence-corrected chi connectivity index (χ4v) is 2.21. The van der Waals surface area contributed by atoms with Crippen LogP contribution < -0.4 is 21.7 Å². The van der Waals surface area contributed by atoms with Crippen LogP contribution in [0, 0.1) is 0 Å². The molecule has 0 saturated heterocycles. The lowest BCUT2D eigenvalue weighted by Gasteiger charge is -2.22. The first kappa shape index (κ1) is 17.1. The summed E-state index contributed by atoms with van der Waals surface area (Å²) in [5.41, 5.74) is 11.8. The second kappa shape index (κ2) is 7.70. The molecule has 0 atom stereocenters. The van der Waals surface area contributed by atoms with E-state index in [1.165, 1.54) is 12.1 Å². The molecule has 0 heterocycles. The number of nitrogens with zero attached hydrogens (tertiary/aromatic N) is 1. The molecule has 0 spiro atoms. The molecule has 0 aliphatic rings. The Morgan fingerprint density at radius 2 is 2.10 bits per heavy atom. The van der Waals surface area contributed by atoms with Gasteiger partial charge < -0.3 is 26.4 Å². The number of rotatable bonds is 7. The zero-order valence-corrected chi connectivity index (χ0v) is 12.7. The van der Waals surface area contributed by atoms with Gasteiger partial charge in [0, 0.05) is 26.4 Å². The Hall–Kier alpha value is -1.99. The van der Waals surface area contributed by atoms with E-state index in [9.17, 15) is 9.59 Å². The van der Waals surface area contributed by atoms with Crippen molar-refractivity contribution in [3.63, 3.8) is 0 Å². The van der Waals surface area contributed by atoms with Crippen molar-refractivity contribution in [1.29, 1.82) is 0 Å². The van der Waals surface area contributed by atoms with E-state index in [1.807, 2.05) is 0 Å². The smallest absolute Gasteiger partial charge is 0.250 e. The number of nitrogens with two attached hydrogens (primary N) is 2. The minimum atomic E-state index is -0.661. The van der Waals surface area contributed by atoms with Crippen LogP contribution in [0.25, 0.3) is 0 Å². The first-order chi connectivity index (χ1) is 9.86. The Labute approximate surface area is 128 Å². The van der Waals surface area contributed by atoms with E-state index in [0.717, 1.165) is 0 Å². The number of anilines is 2. The van der Waals surface area contributed by atoms with Crippen molar-refractivity contribution in [1.82, 2.24) is 5.32 Å². The molecule has 1 aromatic carbocycles. The molecule has 21 heavy (non-hydrogen) atoms. The lowest BCUT2D eigenvalue weighted by Crippen LogP contribution is -2.37. The number of carbonyl (C=O) groups is 2. The highest BCUT2D eigenvalue weighted by molar-refractivity contribution is 6.34. The molecule has 0 aliphatic heterocycles. The minimum absolute atomic E-state index is 0.0215. The van der Waals surface area contributed by atoms with Crippen LogP contribution in [-0.2, 0) is 9.53 Å². The molecule has 1 rings (SSSR count). The maximum Gasteiger partial charge on any atom is 0.250 e. The number of halogens is 1. The summed E-state index contributed by atoms with van der Waals surface area (Å²) in [6, 6.07) is 2.94. The number of ether oxygens (including phenoxy) is 1. The van der Waals surface area contributed by atoms with Gasteiger partial charge in [-0.25, -0.2) is 0 Å². The summed E-state index contributed by atoms with van der Waals surface area (Å²) < 4.78 is 4.84. The van der Waals surface area contributed by atoms with Crippen LogP contribution in [0.1, 0.15) is 10.4 Å². The lowest BCUT2D eigenvalue weighted by atomic mass is 10.1. The van der Waals surface area contributed by atoms with Gasteiger partial charge in [-0.15, -0.1) is 0 Å². The SMILES string of the molecule is COCCNC(=O)CN(C)c1c(Cl)cc(N)cc1C(N)=O. The van der Waals surface area contributed by atoms with Crippen molar-refractivity contribution < 1.29 is 14.3 Å². The van der Waals surface area contributed by atoms with Gasteiger partial charge in [0.15, 0.2) is 0 Å². The molecule has 0 radical (unpaired) electrons. The minimum Gasteiger partial charge on any atom is -0.399 e. The molecular formula is C13H19ClN4O3. The normalized spacial score (nSPS) is 10.2. The maximum atomic E-state index is 11.8. The van der Waals surface area contributed by atoms with E-state index in [1.54, 1.807) is 19.1 Å². The van der Waals surface area contributed by atoms with E-state index < -0.39 is 5.91 Å². The summed E-state index contributed by atoms with van der Waals surface area (Å²) >= 11 is 6.10. The van der Waals surface area contributed by atoms with E-state index in [-0.39, 0.29) is 23.0 Å². The monoisotopic (exact) mass is 314 g/mol. The van der Waals surface area contributed by atoms with Gasteiger partial charge in [0.25, 0.3) is 5.91 Å². The zero-order chi connectivity index (χ0) is 16.0. The number of hydrogen-bond acceptors (Lipinski definition) is 5. The average Bonchev–Trinajstić information content (AvgIpc) is 2.37. The van der Waals surface area contributed by atoms with E-state index in [0.29, 0.717) is 24.5 Å². The summed E-state index contributed by atoms with van der Waals surface area (Å²) in [7, 11) is 3.19. The van der Waals surface area contributed by atoms with Crippen molar-refractivity contribution in [3.8, 4) is 0 Å². The van der Waals surface area contributed by atoms with Gasteiger partial charge in [-0.3, -0.25) is 9.59 Å². The summed E-state index contributed by atoms with van der Waals surface area (Å²) in [5.74, 6) is -0.885. The van der Waals surface area contributed by atoms with Crippen LogP contribution in [0.5, 0.6) is 0 Å². The van der Waals surface area contributed by atoms with Crippen molar-refractivity contribution in [2.45, 2.75) is 0 Å². The molecule has 2 amide bonds. The molecule has 0 aliphatic carbocycles. The molecular weight excluding hydrogens is 296 g/mol. The van der Waals surface area contributed by atoms with Gasteiger partial charge in [0.05, 0.1) is 29.4 Å². The summed E-state index contributed by atoms with van der Waals surface area (Å²) in [6.07, 6.45) is 0. The van der Waals surface area contributed by atoms with Gasteiger partial charge in [-0.2, -0.15) is 0 Å². The average molecular weight is 315 g/mol. The Morgan fingerprint density at radius 3 is 2.67 bits per heavy atom. The van der Waals surface area contributed by atoms with Crippen LogP contribution in [0.3, 0.4) is 0 Å². The molecule has 0 fully saturated rings. The quantitative estimate of drug-likeness (QED) is 0.492. The fourth-order valence-electron chi connectivity index (χ4n) is 1.84. The number of nitrogen functional groups attached to an aromatic ring is 1. The number of hydrogen-bond donors (Lipinski definition) is 3. The Morgan fingerprint density at radius 1 is 1.43 bits per heavy atom. The first-order valence-electron chi connectivity index (χ1n) is 6.22. The molecule has 0 unspecified atom stereocenters. The lowest BCUT2D eigenvalue weighted by molar-refractivity contribution is -0.119. The van der Waals surface area contributed by atoms with Crippen LogP contribution in [0.2, 0.25) is 5.02 Å². The maximum absolute atomic E-state index is 11.8. The summed E-state index contributed by atoms with van der Waals surface area (Å²) in [5, 5.41) is 2.93. The number of primary amides is 1. The van der Waals surface area contributed by atoms with Crippen LogP contribution in [0.4, 0.5) is 11.4 Å². The van der Waals surface area contributed by atoms with Gasteiger partial charge in [-0.1, -0.05) is 11.6 Å². The first-order valence-corrected chi connectivity index (χ1v) is 6.60. The molecule has 116 valence electrons. The number of benzene rings is 1. The number of nitrogens with one attached hydrogen (secondary N) is 1. The molecule has 7 nitrogen and oxygen atoms in total. The van der Waals surface area contributed by atoms with Gasteiger partial charge in [0.2, 0.25) is 5.91 Å². The molecule has 0 aromatic heterocycles. The topological polar surface area (TPSA) is 111 Å². The number of carbonyl (C=O) groups excluding carboxylic acids is 2. The third-order valence-corrected chi connectivity index (χ3v) is 3.03. The predicted molar refractivity (Wildman–Crippen MR) is 82.5 cm³/mol. The highest BCUT2D eigenvalue weighted by atomic mass is 35.5. The van der Waals surface area contributed by atoms with E-state index in [4.69, 9.17) is 27.8 Å². The molecule has 5 N–H and O–H groups in total. The highest BCUT2D eigenvalue weighted by Gasteiger charge is 2.18. The van der Waals surface area contributed by atoms with Crippen molar-refractivity contribution in [2.75, 3.05) is 44.5 Å². The van der Waals surface area contributed by atoms with Crippen LogP contribution in [-0.4, -0.2) is 45.7 Å². The third kappa shape index (κ3) is 4.80. The summed E-state index contributed by atoms with van der Waals surface area (Å²) in [4.78, 5) is 24.8. The Bertz CT molecular complexity index is 536. The molecule has 1 aromatic rings. The van der Waals surface area contributed by atoms with Crippen molar-refractivity contribution in [2.24, 2.45) is 5.73 Å². The Balaban J connectivity index is 2.89. The fraction of sp³-hybridized carbons (Fsp3) is 0.385. The van der Waals surface area contributed by atoms with Crippen LogP contribution in [0.15, 0.2) is 12.1 Å². The van der Waals surface area contributed by atoms with Crippen LogP contribution >= 0.6 is 11.6 Å². The summed E-state index contributed by atoms with van der Waals surface area (Å²) in [6.45, 7) is 0.847. The molecule has 8 heteroatoms. The van der Waals surface area contributed by atoms with E-state index in [2.05, 4.69) is 5.32 Å². The van der Waals surface area contributed by atoms with Crippen molar-refractivity contribution >= 4 is 34.8 Å². The molecule has 0 bridgehead atoms. The third-order valence-electron chi connectivity index (χ3n) is 2.74. The van der Waals surface area contributed by atoms with Gasteiger partial charge >= 0.3 is 0 Å². The standard InChI is InChI=1S/C13H19ClN4O3/c1-18(7-11(19)17-3-4-21-2)12-9(13(16)20)5-8(15)6-10(12)14/h5-6H,3-4,7,15H2,1-2H3,(H2,16,20)(H,17,19).